The van der Waals surface area contributed by atoms with E-state index < -0.39 is 5.69 Å². The minimum atomic E-state index is -0.418. The number of imidazole rings is 2. The van der Waals surface area contributed by atoms with Crippen LogP contribution in [0.3, 0.4) is 0 Å². The first kappa shape index (κ1) is 18.6. The molecule has 144 valence electrons. The van der Waals surface area contributed by atoms with E-state index in [-0.39, 0.29) is 5.56 Å². The molecule has 0 amide bonds. The van der Waals surface area contributed by atoms with Crippen molar-refractivity contribution in [1.29, 1.82) is 0 Å². The van der Waals surface area contributed by atoms with Gasteiger partial charge in [-0.3, -0.25) is 13.9 Å². The molecule has 0 aliphatic rings. The highest BCUT2D eigenvalue weighted by Crippen LogP contribution is 2.28. The summed E-state index contributed by atoms with van der Waals surface area (Å²) >= 11 is 7.46. The number of fused-ring (bicyclic) bond motifs is 1. The summed E-state index contributed by atoms with van der Waals surface area (Å²) in [4.78, 5) is 34.2. The number of rotatable bonds is 4. The summed E-state index contributed by atoms with van der Waals surface area (Å²) in [6, 6.07) is 7.42. The minimum Gasteiger partial charge on any atom is -0.329 e. The summed E-state index contributed by atoms with van der Waals surface area (Å²) in [6.07, 6.45) is 3.53. The summed E-state index contributed by atoms with van der Waals surface area (Å²) in [5.74, 6) is 0. The van der Waals surface area contributed by atoms with E-state index >= 15 is 0 Å². The van der Waals surface area contributed by atoms with Gasteiger partial charge in [0.15, 0.2) is 21.5 Å². The first-order chi connectivity index (χ1) is 13.4. The van der Waals surface area contributed by atoms with Crippen LogP contribution >= 0.6 is 23.4 Å². The molecule has 10 heteroatoms. The Hall–Kier alpha value is -2.78. The van der Waals surface area contributed by atoms with Crippen LogP contribution in [0.25, 0.3) is 11.2 Å². The SMILES string of the molecule is Cn1ccnc1Sc1nc2c(c(=O)n(C)c(=O)n2C)n1Cc1cccc(Cl)c1. The summed E-state index contributed by atoms with van der Waals surface area (Å²) in [7, 11) is 4.95. The molecule has 8 nitrogen and oxygen atoms in total. The predicted octanol–water partition coefficient (Wildman–Crippen LogP) is 2.02. The molecule has 0 spiro atoms. The molecule has 28 heavy (non-hydrogen) atoms. The zero-order valence-electron chi connectivity index (χ0n) is 15.5. The van der Waals surface area contributed by atoms with Crippen LogP contribution in [0.2, 0.25) is 5.02 Å². The van der Waals surface area contributed by atoms with Crippen molar-refractivity contribution in [1.82, 2.24) is 28.2 Å². The zero-order valence-corrected chi connectivity index (χ0v) is 17.0. The molecular weight excluding hydrogens is 400 g/mol. The van der Waals surface area contributed by atoms with E-state index in [1.807, 2.05) is 40.6 Å². The lowest BCUT2D eigenvalue weighted by Crippen LogP contribution is -2.37. The van der Waals surface area contributed by atoms with Crippen molar-refractivity contribution in [2.24, 2.45) is 21.1 Å². The lowest BCUT2D eigenvalue weighted by Gasteiger charge is -2.10. The van der Waals surface area contributed by atoms with Gasteiger partial charge < -0.3 is 9.13 Å². The van der Waals surface area contributed by atoms with Gasteiger partial charge in [0.2, 0.25) is 0 Å². The number of halogens is 1. The van der Waals surface area contributed by atoms with Crippen LogP contribution in [0, 0.1) is 0 Å². The highest BCUT2D eigenvalue weighted by atomic mass is 35.5. The normalized spacial score (nSPS) is 11.4. The smallest absolute Gasteiger partial charge is 0.329 e. The van der Waals surface area contributed by atoms with E-state index in [9.17, 15) is 9.59 Å². The predicted molar refractivity (Wildman–Crippen MR) is 108 cm³/mol. The first-order valence-corrected chi connectivity index (χ1v) is 9.62. The van der Waals surface area contributed by atoms with Crippen LogP contribution in [-0.4, -0.2) is 28.2 Å². The average molecular weight is 417 g/mol. The van der Waals surface area contributed by atoms with Gasteiger partial charge in [-0.15, -0.1) is 0 Å². The standard InChI is InChI=1S/C18H17ClN6O2S/c1-22-8-7-20-16(22)28-17-21-14-13(15(26)24(3)18(27)23(14)2)25(17)10-11-5-4-6-12(19)9-11/h4-9H,10H2,1-3H3. The summed E-state index contributed by atoms with van der Waals surface area (Å²) in [5.41, 5.74) is 0.815. The Labute approximate surface area is 169 Å². The fraction of sp³-hybridized carbons (Fsp3) is 0.222. The molecule has 0 fully saturated rings. The van der Waals surface area contributed by atoms with Gasteiger partial charge in [0, 0.05) is 38.6 Å². The van der Waals surface area contributed by atoms with E-state index in [0.29, 0.717) is 27.9 Å². The molecule has 0 saturated heterocycles. The molecule has 1 aromatic carbocycles. The van der Waals surface area contributed by atoms with E-state index in [4.69, 9.17) is 11.6 Å². The van der Waals surface area contributed by atoms with Crippen molar-refractivity contribution in [3.8, 4) is 0 Å². The highest BCUT2D eigenvalue weighted by Gasteiger charge is 2.21. The van der Waals surface area contributed by atoms with Gasteiger partial charge in [0.25, 0.3) is 5.56 Å². The Morgan fingerprint density at radius 2 is 1.89 bits per heavy atom. The number of benzene rings is 1. The van der Waals surface area contributed by atoms with Crippen molar-refractivity contribution in [2.75, 3.05) is 0 Å². The van der Waals surface area contributed by atoms with Gasteiger partial charge in [-0.2, -0.15) is 0 Å². The molecule has 0 aliphatic heterocycles. The van der Waals surface area contributed by atoms with E-state index in [0.717, 1.165) is 15.3 Å². The third-order valence-electron chi connectivity index (χ3n) is 4.50. The Kier molecular flexibility index (Phi) is 4.64. The molecule has 0 aliphatic carbocycles. The van der Waals surface area contributed by atoms with Gasteiger partial charge in [0.1, 0.15) is 0 Å². The average Bonchev–Trinajstić information content (AvgIpc) is 3.23. The molecule has 0 saturated carbocycles. The topological polar surface area (TPSA) is 79.6 Å². The largest absolute Gasteiger partial charge is 0.332 e. The minimum absolute atomic E-state index is 0.340. The highest BCUT2D eigenvalue weighted by molar-refractivity contribution is 7.99. The van der Waals surface area contributed by atoms with Crippen molar-refractivity contribution < 1.29 is 0 Å². The maximum atomic E-state index is 12.9. The molecule has 0 bridgehead atoms. The Morgan fingerprint density at radius 3 is 2.57 bits per heavy atom. The maximum Gasteiger partial charge on any atom is 0.332 e. The Balaban J connectivity index is 1.98. The van der Waals surface area contributed by atoms with Crippen LogP contribution in [0.1, 0.15) is 5.56 Å². The zero-order chi connectivity index (χ0) is 20.0. The lowest BCUT2D eigenvalue weighted by molar-refractivity contribution is 0.695. The van der Waals surface area contributed by atoms with Gasteiger partial charge in [-0.1, -0.05) is 23.7 Å². The fourth-order valence-electron chi connectivity index (χ4n) is 3.00. The van der Waals surface area contributed by atoms with Crippen LogP contribution in [0.5, 0.6) is 0 Å². The number of hydrogen-bond donors (Lipinski definition) is 0. The summed E-state index contributed by atoms with van der Waals surface area (Å²) in [5, 5.41) is 1.91. The van der Waals surface area contributed by atoms with Crippen LogP contribution in [0.4, 0.5) is 0 Å². The van der Waals surface area contributed by atoms with Crippen molar-refractivity contribution in [3.63, 3.8) is 0 Å². The number of aryl methyl sites for hydroxylation is 2. The third kappa shape index (κ3) is 3.06. The molecule has 0 atom stereocenters. The molecular formula is C18H17ClN6O2S. The fourth-order valence-corrected chi connectivity index (χ4v) is 4.09. The quantitative estimate of drug-likeness (QED) is 0.508. The van der Waals surface area contributed by atoms with Crippen LogP contribution in [-0.2, 0) is 27.7 Å². The Bertz CT molecular complexity index is 1320. The molecule has 3 aromatic heterocycles. The van der Waals surface area contributed by atoms with Crippen molar-refractivity contribution >= 4 is 34.5 Å². The second-order valence-electron chi connectivity index (χ2n) is 6.41. The van der Waals surface area contributed by atoms with E-state index in [1.54, 1.807) is 19.3 Å². The molecule has 4 aromatic rings. The maximum absolute atomic E-state index is 12.9. The van der Waals surface area contributed by atoms with Crippen LogP contribution in [0.15, 0.2) is 56.6 Å². The molecule has 4 rings (SSSR count). The van der Waals surface area contributed by atoms with Gasteiger partial charge >= 0.3 is 5.69 Å². The lowest BCUT2D eigenvalue weighted by atomic mass is 10.2. The molecule has 3 heterocycles. The monoisotopic (exact) mass is 416 g/mol. The molecule has 0 N–H and O–H groups in total. The second kappa shape index (κ2) is 6.99. The van der Waals surface area contributed by atoms with E-state index in [2.05, 4.69) is 9.97 Å². The Morgan fingerprint density at radius 1 is 1.11 bits per heavy atom. The van der Waals surface area contributed by atoms with Gasteiger partial charge in [-0.05, 0) is 29.5 Å². The van der Waals surface area contributed by atoms with Crippen LogP contribution < -0.4 is 11.2 Å². The molecule has 0 radical (unpaired) electrons. The van der Waals surface area contributed by atoms with Gasteiger partial charge in [0.05, 0.1) is 6.54 Å². The van der Waals surface area contributed by atoms with E-state index in [1.165, 1.54) is 23.4 Å². The summed E-state index contributed by atoms with van der Waals surface area (Å²) < 4.78 is 6.15. The number of aromatic nitrogens is 6. The third-order valence-corrected chi connectivity index (χ3v) is 5.81. The molecule has 0 unspecified atom stereocenters. The van der Waals surface area contributed by atoms with Crippen molar-refractivity contribution in [3.05, 3.63) is 68.1 Å². The number of hydrogen-bond acceptors (Lipinski definition) is 5. The van der Waals surface area contributed by atoms with Gasteiger partial charge in [-0.25, -0.2) is 14.8 Å². The number of nitrogens with zero attached hydrogens (tertiary/aromatic N) is 6. The summed E-state index contributed by atoms with van der Waals surface area (Å²) in [6.45, 7) is 0.386. The van der Waals surface area contributed by atoms with Crippen molar-refractivity contribution in [2.45, 2.75) is 16.9 Å². The second-order valence-corrected chi connectivity index (χ2v) is 7.78. The first-order valence-electron chi connectivity index (χ1n) is 8.42.